The maximum Gasteiger partial charge on any atom is 0.287 e. The van der Waals surface area contributed by atoms with Crippen molar-refractivity contribution in [2.75, 3.05) is 0 Å². The molecule has 1 amide bonds. The molecule has 31 heavy (non-hydrogen) atoms. The van der Waals surface area contributed by atoms with Crippen LogP contribution in [0.3, 0.4) is 0 Å². The lowest BCUT2D eigenvalue weighted by molar-refractivity contribution is 0.0905. The van der Waals surface area contributed by atoms with Crippen molar-refractivity contribution in [2.24, 2.45) is 0 Å². The van der Waals surface area contributed by atoms with Gasteiger partial charge in [-0.15, -0.1) is 0 Å². The van der Waals surface area contributed by atoms with Gasteiger partial charge in [-0.25, -0.2) is 4.39 Å². The standard InChI is InChI=1S/C26H31FN2O2/c1-19(2)29(17-22-10-7-11-23(27)16-22)18-24-14-15-25(31-24)26(30)28-20(3)12-13-21-8-5-4-6-9-21/h4-11,14-16,19-20H,12-13,17-18H2,1-3H3,(H,28,30)/t20-/m0/s1. The average molecular weight is 423 g/mol. The number of rotatable bonds is 10. The Kier molecular flexibility index (Phi) is 8.01. The molecule has 1 N–H and O–H groups in total. The summed E-state index contributed by atoms with van der Waals surface area (Å²) in [5.74, 6) is 0.593. The summed E-state index contributed by atoms with van der Waals surface area (Å²) in [6.07, 6.45) is 1.77. The van der Waals surface area contributed by atoms with Gasteiger partial charge in [-0.3, -0.25) is 9.69 Å². The van der Waals surface area contributed by atoms with Crippen LogP contribution in [0, 0.1) is 5.82 Å². The van der Waals surface area contributed by atoms with E-state index in [4.69, 9.17) is 4.42 Å². The van der Waals surface area contributed by atoms with Crippen molar-refractivity contribution in [1.29, 1.82) is 0 Å². The average Bonchev–Trinajstić information content (AvgIpc) is 3.21. The van der Waals surface area contributed by atoms with Crippen molar-refractivity contribution in [2.45, 2.75) is 58.8 Å². The first kappa shape index (κ1) is 22.8. The van der Waals surface area contributed by atoms with Crippen LogP contribution < -0.4 is 5.32 Å². The topological polar surface area (TPSA) is 45.5 Å². The van der Waals surface area contributed by atoms with Gasteiger partial charge in [0.05, 0.1) is 6.54 Å². The van der Waals surface area contributed by atoms with E-state index in [0.29, 0.717) is 24.6 Å². The Hall–Kier alpha value is -2.92. The lowest BCUT2D eigenvalue weighted by Gasteiger charge is -2.25. The summed E-state index contributed by atoms with van der Waals surface area (Å²) in [7, 11) is 0. The van der Waals surface area contributed by atoms with Crippen LogP contribution in [-0.4, -0.2) is 22.9 Å². The molecular weight excluding hydrogens is 391 g/mol. The van der Waals surface area contributed by atoms with Crippen LogP contribution in [0.1, 0.15) is 54.6 Å². The minimum Gasteiger partial charge on any atom is -0.455 e. The van der Waals surface area contributed by atoms with Crippen LogP contribution >= 0.6 is 0 Å². The largest absolute Gasteiger partial charge is 0.455 e. The van der Waals surface area contributed by atoms with E-state index in [1.54, 1.807) is 18.2 Å². The summed E-state index contributed by atoms with van der Waals surface area (Å²) in [5.41, 5.74) is 2.17. The van der Waals surface area contributed by atoms with Gasteiger partial charge in [0.15, 0.2) is 5.76 Å². The number of hydrogen-bond donors (Lipinski definition) is 1. The van der Waals surface area contributed by atoms with Gasteiger partial charge in [-0.05, 0) is 69.0 Å². The van der Waals surface area contributed by atoms with E-state index >= 15 is 0 Å². The van der Waals surface area contributed by atoms with Gasteiger partial charge in [0.1, 0.15) is 11.6 Å². The van der Waals surface area contributed by atoms with Crippen LogP contribution in [0.4, 0.5) is 4.39 Å². The fourth-order valence-corrected chi connectivity index (χ4v) is 3.47. The molecular formula is C26H31FN2O2. The molecule has 1 heterocycles. The third-order valence-electron chi connectivity index (χ3n) is 5.34. The molecule has 0 aliphatic heterocycles. The van der Waals surface area contributed by atoms with Gasteiger partial charge in [-0.2, -0.15) is 0 Å². The van der Waals surface area contributed by atoms with Crippen molar-refractivity contribution in [3.8, 4) is 0 Å². The highest BCUT2D eigenvalue weighted by atomic mass is 19.1. The van der Waals surface area contributed by atoms with E-state index in [0.717, 1.165) is 18.4 Å². The highest BCUT2D eigenvalue weighted by Crippen LogP contribution is 2.17. The molecule has 0 aliphatic rings. The summed E-state index contributed by atoms with van der Waals surface area (Å²) < 4.78 is 19.3. The maximum absolute atomic E-state index is 13.5. The number of amides is 1. The summed E-state index contributed by atoms with van der Waals surface area (Å²) >= 11 is 0. The molecule has 1 aromatic heterocycles. The smallest absolute Gasteiger partial charge is 0.287 e. The summed E-state index contributed by atoms with van der Waals surface area (Å²) in [6.45, 7) is 7.33. The number of benzene rings is 2. The lowest BCUT2D eigenvalue weighted by atomic mass is 10.1. The van der Waals surface area contributed by atoms with Crippen LogP contribution in [0.25, 0.3) is 0 Å². The lowest BCUT2D eigenvalue weighted by Crippen LogP contribution is -2.32. The Labute approximate surface area is 184 Å². The van der Waals surface area contributed by atoms with E-state index in [9.17, 15) is 9.18 Å². The normalized spacial score (nSPS) is 12.3. The minimum atomic E-state index is -0.237. The number of carbonyl (C=O) groups is 1. The van der Waals surface area contributed by atoms with Gasteiger partial charge >= 0.3 is 0 Å². The third-order valence-corrected chi connectivity index (χ3v) is 5.34. The molecule has 0 saturated heterocycles. The van der Waals surface area contributed by atoms with Crippen LogP contribution in [0.2, 0.25) is 0 Å². The van der Waals surface area contributed by atoms with E-state index in [2.05, 4.69) is 36.2 Å². The molecule has 0 radical (unpaired) electrons. The summed E-state index contributed by atoms with van der Waals surface area (Å²) in [6, 6.07) is 20.7. The Bertz CT molecular complexity index is 968. The predicted molar refractivity (Wildman–Crippen MR) is 121 cm³/mol. The number of carbonyl (C=O) groups excluding carboxylic acids is 1. The number of furan rings is 1. The van der Waals surface area contributed by atoms with Gasteiger partial charge < -0.3 is 9.73 Å². The fourth-order valence-electron chi connectivity index (χ4n) is 3.47. The second kappa shape index (κ2) is 10.9. The monoisotopic (exact) mass is 422 g/mol. The van der Waals surface area contributed by atoms with Crippen LogP contribution in [-0.2, 0) is 19.5 Å². The number of halogens is 1. The molecule has 0 saturated carbocycles. The first-order valence-electron chi connectivity index (χ1n) is 10.8. The Morgan fingerprint density at radius 2 is 1.71 bits per heavy atom. The molecule has 5 heteroatoms. The maximum atomic E-state index is 13.5. The van der Waals surface area contributed by atoms with Crippen LogP contribution in [0.5, 0.6) is 0 Å². The molecule has 0 unspecified atom stereocenters. The zero-order valence-corrected chi connectivity index (χ0v) is 18.5. The van der Waals surface area contributed by atoms with Crippen molar-refractivity contribution in [3.05, 3.63) is 95.2 Å². The highest BCUT2D eigenvalue weighted by Gasteiger charge is 2.17. The molecule has 0 bridgehead atoms. The molecule has 0 spiro atoms. The zero-order valence-electron chi connectivity index (χ0n) is 18.5. The minimum absolute atomic E-state index is 0.0430. The number of hydrogen-bond acceptors (Lipinski definition) is 3. The van der Waals surface area contributed by atoms with Gasteiger partial charge in [0.25, 0.3) is 5.91 Å². The molecule has 0 fully saturated rings. The fraction of sp³-hybridized carbons (Fsp3) is 0.346. The molecule has 3 rings (SSSR count). The quantitative estimate of drug-likeness (QED) is 0.464. The first-order chi connectivity index (χ1) is 14.9. The third kappa shape index (κ3) is 7.07. The Balaban J connectivity index is 1.54. The second-order valence-electron chi connectivity index (χ2n) is 8.29. The zero-order chi connectivity index (χ0) is 22.2. The van der Waals surface area contributed by atoms with E-state index < -0.39 is 0 Å². The summed E-state index contributed by atoms with van der Waals surface area (Å²) in [4.78, 5) is 14.7. The molecule has 2 aromatic carbocycles. The number of aryl methyl sites for hydroxylation is 1. The number of nitrogens with one attached hydrogen (secondary N) is 1. The van der Waals surface area contributed by atoms with E-state index in [1.165, 1.54) is 11.6 Å². The molecule has 3 aromatic rings. The van der Waals surface area contributed by atoms with E-state index in [-0.39, 0.29) is 23.8 Å². The van der Waals surface area contributed by atoms with Crippen molar-refractivity contribution in [3.63, 3.8) is 0 Å². The SMILES string of the molecule is CC(C)N(Cc1cccc(F)c1)Cc1ccc(C(=O)N[C@@H](C)CCc2ccccc2)o1. The molecule has 164 valence electrons. The first-order valence-corrected chi connectivity index (χ1v) is 10.8. The molecule has 4 nitrogen and oxygen atoms in total. The van der Waals surface area contributed by atoms with Crippen molar-refractivity contribution in [1.82, 2.24) is 10.2 Å². The van der Waals surface area contributed by atoms with Crippen molar-refractivity contribution >= 4 is 5.91 Å². The predicted octanol–water partition coefficient (Wildman–Crippen LogP) is 5.58. The van der Waals surface area contributed by atoms with Crippen molar-refractivity contribution < 1.29 is 13.6 Å². The van der Waals surface area contributed by atoms with Gasteiger partial charge in [0.2, 0.25) is 0 Å². The van der Waals surface area contributed by atoms with Crippen LogP contribution in [0.15, 0.2) is 71.1 Å². The summed E-state index contributed by atoms with van der Waals surface area (Å²) in [5, 5.41) is 3.01. The Morgan fingerprint density at radius 1 is 0.968 bits per heavy atom. The Morgan fingerprint density at radius 3 is 2.42 bits per heavy atom. The van der Waals surface area contributed by atoms with E-state index in [1.807, 2.05) is 37.3 Å². The molecule has 0 aliphatic carbocycles. The molecule has 1 atom stereocenters. The number of nitrogens with zero attached hydrogens (tertiary/aromatic N) is 1. The highest BCUT2D eigenvalue weighted by molar-refractivity contribution is 5.91. The van der Waals surface area contributed by atoms with Gasteiger partial charge in [0, 0.05) is 18.6 Å². The second-order valence-corrected chi connectivity index (χ2v) is 8.29. The van der Waals surface area contributed by atoms with Gasteiger partial charge in [-0.1, -0.05) is 42.5 Å².